The van der Waals surface area contributed by atoms with Gasteiger partial charge in [0.2, 0.25) is 0 Å². The van der Waals surface area contributed by atoms with Gasteiger partial charge in [0, 0.05) is 24.2 Å². The van der Waals surface area contributed by atoms with E-state index in [1.54, 1.807) is 0 Å². The fourth-order valence-corrected chi connectivity index (χ4v) is 4.32. The quantitative estimate of drug-likeness (QED) is 0.318. The Morgan fingerprint density at radius 1 is 0.657 bits per heavy atom. The summed E-state index contributed by atoms with van der Waals surface area (Å²) in [6, 6.07) is 16.0. The molecule has 0 radical (unpaired) electrons. The third-order valence-electron chi connectivity index (χ3n) is 5.93. The van der Waals surface area contributed by atoms with Crippen LogP contribution in [0.2, 0.25) is 0 Å². The van der Waals surface area contributed by atoms with Crippen LogP contribution in [0.1, 0.15) is 25.0 Å². The van der Waals surface area contributed by atoms with Crippen molar-refractivity contribution in [3.05, 3.63) is 59.7 Å². The number of imidazole rings is 2. The first-order valence-corrected chi connectivity index (χ1v) is 12.0. The third-order valence-corrected chi connectivity index (χ3v) is 5.93. The van der Waals surface area contributed by atoms with Crippen LogP contribution in [0, 0.1) is 0 Å². The van der Waals surface area contributed by atoms with Crippen LogP contribution in [-0.4, -0.2) is 57.8 Å². The van der Waals surface area contributed by atoms with Crippen LogP contribution in [0.4, 0.5) is 0 Å². The number of nitrogens with one attached hydrogen (secondary N) is 4. The predicted octanol–water partition coefficient (Wildman–Crippen LogP) is 4.09. The molecule has 0 bridgehead atoms. The number of aliphatic imine (C=N–C) groups is 2. The highest BCUT2D eigenvalue weighted by atomic mass is 16.3. The van der Waals surface area contributed by atoms with Crippen molar-refractivity contribution in [3.63, 3.8) is 0 Å². The van der Waals surface area contributed by atoms with Gasteiger partial charge in [-0.2, -0.15) is 0 Å². The van der Waals surface area contributed by atoms with E-state index in [1.165, 1.54) is 0 Å². The van der Waals surface area contributed by atoms with E-state index in [0.717, 1.165) is 71.0 Å². The van der Waals surface area contributed by atoms with Gasteiger partial charge in [-0.25, -0.2) is 9.97 Å². The van der Waals surface area contributed by atoms with Gasteiger partial charge in [0.05, 0.1) is 35.2 Å². The number of amidine groups is 2. The van der Waals surface area contributed by atoms with Gasteiger partial charge in [0.25, 0.3) is 0 Å². The maximum absolute atomic E-state index is 6.12. The highest BCUT2D eigenvalue weighted by molar-refractivity contribution is 6.03. The number of fused-ring (bicyclic) bond motifs is 2. The van der Waals surface area contributed by atoms with Gasteiger partial charge in [-0.15, -0.1) is 0 Å². The Bertz CT molecular complexity index is 1470. The summed E-state index contributed by atoms with van der Waals surface area (Å²) in [5.41, 5.74) is 5.74. The lowest BCUT2D eigenvalue weighted by Gasteiger charge is -2.01. The monoisotopic (exact) mass is 466 g/mol. The summed E-state index contributed by atoms with van der Waals surface area (Å²) in [4.78, 5) is 25.1. The summed E-state index contributed by atoms with van der Waals surface area (Å²) in [6.07, 6.45) is 0. The summed E-state index contributed by atoms with van der Waals surface area (Å²) in [7, 11) is 0. The van der Waals surface area contributed by atoms with Crippen LogP contribution in [0.15, 0.2) is 62.9 Å². The van der Waals surface area contributed by atoms with E-state index < -0.39 is 0 Å². The molecular formula is C26H26N8O. The lowest BCUT2D eigenvalue weighted by atomic mass is 10.2. The number of aromatic nitrogens is 4. The zero-order valence-electron chi connectivity index (χ0n) is 19.6. The topological polar surface area (TPSA) is 119 Å². The Hall–Kier alpha value is -4.40. The minimum Gasteiger partial charge on any atom is -0.450 e. The van der Waals surface area contributed by atoms with Gasteiger partial charge in [-0.1, -0.05) is 13.8 Å². The molecule has 0 atom stereocenters. The van der Waals surface area contributed by atoms with Gasteiger partial charge >= 0.3 is 0 Å². The Kier molecular flexibility index (Phi) is 5.29. The molecule has 0 saturated carbocycles. The largest absolute Gasteiger partial charge is 0.450 e. The standard InChI is InChI=1S/C24H20N8O.C2H6/c1-3-15-17(11-13(1)21-25-7-8-26-21)31-23(29-15)19-5-6-20(33-19)24-30-16-4-2-14(12-18(16)32-24)22-27-9-10-28-22;1-2/h1-6,11-12H,7-10H2,(H,25,26)(H,27,28)(H,29,31)(H,30,32);1-2H3. The van der Waals surface area contributed by atoms with Gasteiger partial charge in [0.15, 0.2) is 23.2 Å². The number of hydrogen-bond donors (Lipinski definition) is 4. The summed E-state index contributed by atoms with van der Waals surface area (Å²) < 4.78 is 6.12. The Balaban J connectivity index is 0.00000112. The van der Waals surface area contributed by atoms with Crippen molar-refractivity contribution in [1.29, 1.82) is 0 Å². The molecule has 176 valence electrons. The van der Waals surface area contributed by atoms with Crippen molar-refractivity contribution in [2.75, 3.05) is 26.2 Å². The van der Waals surface area contributed by atoms with E-state index in [2.05, 4.69) is 42.7 Å². The normalized spacial score (nSPS) is 14.9. The van der Waals surface area contributed by atoms with Crippen LogP contribution in [0.5, 0.6) is 0 Å². The Morgan fingerprint density at radius 3 is 1.57 bits per heavy atom. The molecule has 0 fully saturated rings. The smallest absolute Gasteiger partial charge is 0.174 e. The minimum absolute atomic E-state index is 0.657. The molecule has 2 aliphatic rings. The first-order chi connectivity index (χ1) is 17.3. The molecule has 0 saturated heterocycles. The first-order valence-electron chi connectivity index (χ1n) is 12.0. The minimum atomic E-state index is 0.657. The fourth-order valence-electron chi connectivity index (χ4n) is 4.32. The van der Waals surface area contributed by atoms with Crippen molar-refractivity contribution in [2.45, 2.75) is 13.8 Å². The zero-order chi connectivity index (χ0) is 23.8. The van der Waals surface area contributed by atoms with Gasteiger partial charge in [-0.3, -0.25) is 9.98 Å². The van der Waals surface area contributed by atoms with E-state index in [9.17, 15) is 0 Å². The summed E-state index contributed by atoms with van der Waals surface area (Å²) >= 11 is 0. The molecule has 0 amide bonds. The number of furan rings is 1. The zero-order valence-corrected chi connectivity index (χ0v) is 19.6. The number of rotatable bonds is 4. The highest BCUT2D eigenvalue weighted by Crippen LogP contribution is 2.29. The molecule has 4 N–H and O–H groups in total. The number of aromatic amines is 2. The molecule has 9 nitrogen and oxygen atoms in total. The molecule has 5 aromatic rings. The van der Waals surface area contributed by atoms with Crippen LogP contribution < -0.4 is 10.6 Å². The number of nitrogens with zero attached hydrogens (tertiary/aromatic N) is 4. The lowest BCUT2D eigenvalue weighted by Crippen LogP contribution is -2.19. The second-order valence-corrected chi connectivity index (χ2v) is 8.11. The molecule has 7 rings (SSSR count). The molecule has 35 heavy (non-hydrogen) atoms. The molecule has 0 aliphatic carbocycles. The number of H-pyrrole nitrogens is 2. The average molecular weight is 467 g/mol. The van der Waals surface area contributed by atoms with E-state index in [0.29, 0.717) is 23.2 Å². The van der Waals surface area contributed by atoms with Gasteiger partial charge in [0.1, 0.15) is 11.7 Å². The molecule has 5 heterocycles. The number of hydrogen-bond acceptors (Lipinski definition) is 7. The molecule has 2 aliphatic heterocycles. The van der Waals surface area contributed by atoms with Crippen LogP contribution in [-0.2, 0) is 0 Å². The maximum Gasteiger partial charge on any atom is 0.174 e. The molecule has 2 aromatic carbocycles. The maximum atomic E-state index is 6.12. The van der Waals surface area contributed by atoms with Crippen molar-refractivity contribution >= 4 is 33.7 Å². The Labute approximate surface area is 201 Å². The number of benzene rings is 2. The van der Waals surface area contributed by atoms with Gasteiger partial charge < -0.3 is 25.0 Å². The van der Waals surface area contributed by atoms with E-state index in [1.807, 2.05) is 50.2 Å². The molecule has 9 heteroatoms. The average Bonchev–Trinajstić information content (AvgIpc) is 3.73. The SMILES string of the molecule is CC.c1cc2nc(-c3ccc(-c4nc5ccc(C6=NCCN6)cc5[nH]4)o3)[nH]c2cc1C1=NCCN1. The Morgan fingerprint density at radius 2 is 1.14 bits per heavy atom. The van der Waals surface area contributed by atoms with Crippen LogP contribution >= 0.6 is 0 Å². The second kappa shape index (κ2) is 8.75. The van der Waals surface area contributed by atoms with Crippen molar-refractivity contribution in [3.8, 4) is 23.2 Å². The van der Waals surface area contributed by atoms with E-state index in [4.69, 9.17) is 14.4 Å². The predicted molar refractivity (Wildman–Crippen MR) is 139 cm³/mol. The second-order valence-electron chi connectivity index (χ2n) is 8.11. The third kappa shape index (κ3) is 3.84. The molecule has 0 unspecified atom stereocenters. The lowest BCUT2D eigenvalue weighted by molar-refractivity contribution is 0.589. The van der Waals surface area contributed by atoms with Gasteiger partial charge in [-0.05, 0) is 48.5 Å². The van der Waals surface area contributed by atoms with E-state index >= 15 is 0 Å². The van der Waals surface area contributed by atoms with Crippen LogP contribution in [0.25, 0.3) is 45.2 Å². The summed E-state index contributed by atoms with van der Waals surface area (Å²) in [5, 5.41) is 6.61. The highest BCUT2D eigenvalue weighted by Gasteiger charge is 2.16. The molecule has 3 aromatic heterocycles. The first kappa shape index (κ1) is 21.2. The van der Waals surface area contributed by atoms with E-state index in [-0.39, 0.29) is 0 Å². The summed E-state index contributed by atoms with van der Waals surface area (Å²) in [5.74, 6) is 4.53. The fraction of sp³-hybridized carbons (Fsp3) is 0.231. The van der Waals surface area contributed by atoms with Crippen molar-refractivity contribution in [2.24, 2.45) is 9.98 Å². The summed E-state index contributed by atoms with van der Waals surface area (Å²) in [6.45, 7) is 7.38. The van der Waals surface area contributed by atoms with Crippen molar-refractivity contribution in [1.82, 2.24) is 30.6 Å². The van der Waals surface area contributed by atoms with Crippen molar-refractivity contribution < 1.29 is 4.42 Å². The molecular weight excluding hydrogens is 440 g/mol. The molecule has 0 spiro atoms. The van der Waals surface area contributed by atoms with Crippen LogP contribution in [0.3, 0.4) is 0 Å².